The fourth-order valence-electron chi connectivity index (χ4n) is 3.09. The Morgan fingerprint density at radius 1 is 1.17 bits per heavy atom. The SMILES string of the molecule is COc1cc(/C=C2/SC(=NCc3ccoc3)NC2=O)ccc1Oc1ccc(C#N)cc1C(F)(F)F. The predicted molar refractivity (Wildman–Crippen MR) is 123 cm³/mol. The van der Waals surface area contributed by atoms with E-state index in [4.69, 9.17) is 19.2 Å². The molecule has 1 saturated heterocycles. The lowest BCUT2D eigenvalue weighted by Gasteiger charge is -2.16. The van der Waals surface area contributed by atoms with Crippen LogP contribution in [0, 0.1) is 11.3 Å². The second-order valence-electron chi connectivity index (χ2n) is 7.15. The fourth-order valence-corrected chi connectivity index (χ4v) is 3.91. The number of hydrogen-bond acceptors (Lipinski definition) is 7. The largest absolute Gasteiger partial charge is 0.493 e. The first kappa shape index (κ1) is 24.0. The van der Waals surface area contributed by atoms with Crippen molar-refractivity contribution in [3.8, 4) is 23.3 Å². The number of thioether (sulfide) groups is 1. The number of rotatable bonds is 6. The number of methoxy groups -OCH3 is 1. The van der Waals surface area contributed by atoms with E-state index in [-0.39, 0.29) is 23.0 Å². The summed E-state index contributed by atoms with van der Waals surface area (Å²) in [7, 11) is 1.35. The van der Waals surface area contributed by atoms with Crippen molar-refractivity contribution in [3.05, 3.63) is 82.1 Å². The van der Waals surface area contributed by atoms with E-state index in [1.807, 2.05) is 0 Å². The topological polar surface area (TPSA) is 96.8 Å². The average Bonchev–Trinajstić information content (AvgIpc) is 3.48. The van der Waals surface area contributed by atoms with Gasteiger partial charge in [0.15, 0.2) is 16.7 Å². The summed E-state index contributed by atoms with van der Waals surface area (Å²) in [6, 6.07) is 11.1. The van der Waals surface area contributed by atoms with Gasteiger partial charge in [-0.05, 0) is 59.8 Å². The number of alkyl halides is 3. The van der Waals surface area contributed by atoms with Gasteiger partial charge in [0.1, 0.15) is 5.75 Å². The lowest BCUT2D eigenvalue weighted by atomic mass is 10.1. The first-order chi connectivity index (χ1) is 16.8. The van der Waals surface area contributed by atoms with Crippen LogP contribution in [0.15, 0.2) is 69.3 Å². The Labute approximate surface area is 201 Å². The second-order valence-corrected chi connectivity index (χ2v) is 8.18. The number of carbonyl (C=O) groups excluding carboxylic acids is 1. The van der Waals surface area contributed by atoms with Crippen LogP contribution in [0.25, 0.3) is 6.08 Å². The van der Waals surface area contributed by atoms with E-state index in [1.54, 1.807) is 30.5 Å². The predicted octanol–water partition coefficient (Wildman–Crippen LogP) is 5.73. The van der Waals surface area contributed by atoms with E-state index in [0.717, 1.165) is 29.5 Å². The Balaban J connectivity index is 1.56. The molecule has 4 rings (SSSR count). The molecule has 3 aromatic rings. The Morgan fingerprint density at radius 3 is 2.66 bits per heavy atom. The van der Waals surface area contributed by atoms with Crippen LogP contribution < -0.4 is 14.8 Å². The molecule has 0 bridgehead atoms. The number of halogens is 3. The number of carbonyl (C=O) groups is 1. The van der Waals surface area contributed by atoms with Gasteiger partial charge in [-0.3, -0.25) is 9.79 Å². The maximum atomic E-state index is 13.5. The van der Waals surface area contributed by atoms with Crippen LogP contribution in [0.1, 0.15) is 22.3 Å². The molecule has 1 amide bonds. The van der Waals surface area contributed by atoms with Gasteiger partial charge in [-0.1, -0.05) is 6.07 Å². The molecule has 0 spiro atoms. The number of furan rings is 1. The Kier molecular flexibility index (Phi) is 6.84. The molecule has 1 N–H and O–H groups in total. The highest BCUT2D eigenvalue weighted by Crippen LogP contribution is 2.41. The van der Waals surface area contributed by atoms with Crippen LogP contribution in [0.2, 0.25) is 0 Å². The zero-order chi connectivity index (χ0) is 25.0. The highest BCUT2D eigenvalue weighted by atomic mass is 32.2. The number of nitrogens with one attached hydrogen (secondary N) is 1. The molecular formula is C24H16F3N3O4S. The molecule has 178 valence electrons. The summed E-state index contributed by atoms with van der Waals surface area (Å²) in [6.45, 7) is 0.349. The summed E-state index contributed by atoms with van der Waals surface area (Å²) in [4.78, 5) is 17.0. The van der Waals surface area contributed by atoms with E-state index in [2.05, 4.69) is 10.3 Å². The van der Waals surface area contributed by atoms with Gasteiger partial charge in [-0.25, -0.2) is 0 Å². The summed E-state index contributed by atoms with van der Waals surface area (Å²) in [5.74, 6) is -0.595. The van der Waals surface area contributed by atoms with Gasteiger partial charge in [0.25, 0.3) is 5.91 Å². The molecule has 1 aliphatic heterocycles. The summed E-state index contributed by atoms with van der Waals surface area (Å²) in [5.41, 5.74) is 0.213. The van der Waals surface area contributed by atoms with Gasteiger partial charge >= 0.3 is 6.18 Å². The van der Waals surface area contributed by atoms with Crippen molar-refractivity contribution in [1.82, 2.24) is 5.32 Å². The Morgan fingerprint density at radius 2 is 1.97 bits per heavy atom. The van der Waals surface area contributed by atoms with Gasteiger partial charge in [0.05, 0.1) is 48.3 Å². The van der Waals surface area contributed by atoms with Crippen molar-refractivity contribution >= 4 is 28.9 Å². The quantitative estimate of drug-likeness (QED) is 0.435. The van der Waals surface area contributed by atoms with Crippen molar-refractivity contribution in [1.29, 1.82) is 5.26 Å². The molecule has 1 fully saturated rings. The molecule has 2 aromatic carbocycles. The van der Waals surface area contributed by atoms with Gasteiger partial charge in [0.2, 0.25) is 0 Å². The number of hydrogen-bond donors (Lipinski definition) is 1. The molecule has 0 saturated carbocycles. The molecule has 0 radical (unpaired) electrons. The van der Waals surface area contributed by atoms with E-state index in [1.165, 1.54) is 31.6 Å². The summed E-state index contributed by atoms with van der Waals surface area (Å²) in [5, 5.41) is 12.0. The van der Waals surface area contributed by atoms with E-state index in [9.17, 15) is 18.0 Å². The molecule has 7 nitrogen and oxygen atoms in total. The van der Waals surface area contributed by atoms with Crippen LogP contribution in [-0.2, 0) is 17.5 Å². The monoisotopic (exact) mass is 499 g/mol. The third-order valence-electron chi connectivity index (χ3n) is 4.76. The molecule has 0 unspecified atom stereocenters. The van der Waals surface area contributed by atoms with Gasteiger partial charge in [-0.2, -0.15) is 18.4 Å². The highest BCUT2D eigenvalue weighted by molar-refractivity contribution is 8.18. The first-order valence-corrected chi connectivity index (χ1v) is 10.8. The lowest BCUT2D eigenvalue weighted by Crippen LogP contribution is -2.19. The lowest BCUT2D eigenvalue weighted by molar-refractivity contribution is -0.138. The van der Waals surface area contributed by atoms with Crippen LogP contribution in [0.4, 0.5) is 13.2 Å². The van der Waals surface area contributed by atoms with E-state index in [0.29, 0.717) is 22.2 Å². The Bertz CT molecular complexity index is 1360. The van der Waals surface area contributed by atoms with Crippen molar-refractivity contribution < 1.29 is 31.9 Å². The average molecular weight is 499 g/mol. The van der Waals surface area contributed by atoms with E-state index < -0.39 is 17.5 Å². The van der Waals surface area contributed by atoms with Crippen molar-refractivity contribution in [3.63, 3.8) is 0 Å². The summed E-state index contributed by atoms with van der Waals surface area (Å²) < 4.78 is 56.2. The van der Waals surface area contributed by atoms with Gasteiger partial charge in [-0.15, -0.1) is 0 Å². The minimum absolute atomic E-state index is 0.0377. The minimum Gasteiger partial charge on any atom is -0.493 e. The normalized spacial score (nSPS) is 15.8. The summed E-state index contributed by atoms with van der Waals surface area (Å²) >= 11 is 1.16. The molecule has 11 heteroatoms. The van der Waals surface area contributed by atoms with Crippen molar-refractivity contribution in [2.45, 2.75) is 12.7 Å². The van der Waals surface area contributed by atoms with Crippen molar-refractivity contribution in [2.24, 2.45) is 4.99 Å². The van der Waals surface area contributed by atoms with Gasteiger partial charge < -0.3 is 19.2 Å². The van der Waals surface area contributed by atoms with Crippen molar-refractivity contribution in [2.75, 3.05) is 7.11 Å². The number of benzene rings is 2. The van der Waals surface area contributed by atoms with E-state index >= 15 is 0 Å². The fraction of sp³-hybridized carbons (Fsp3) is 0.125. The molecule has 2 heterocycles. The minimum atomic E-state index is -4.72. The third kappa shape index (κ3) is 5.67. The molecule has 0 atom stereocenters. The van der Waals surface area contributed by atoms with Crippen LogP contribution in [0.5, 0.6) is 17.2 Å². The third-order valence-corrected chi connectivity index (χ3v) is 5.70. The second kappa shape index (κ2) is 9.99. The molecule has 1 aliphatic rings. The number of nitriles is 1. The van der Waals surface area contributed by atoms with Crippen LogP contribution in [0.3, 0.4) is 0 Å². The first-order valence-electron chi connectivity index (χ1n) is 10.0. The molecule has 0 aliphatic carbocycles. The zero-order valence-corrected chi connectivity index (χ0v) is 18.9. The Hall–Kier alpha value is -4.17. The molecule has 35 heavy (non-hydrogen) atoms. The highest BCUT2D eigenvalue weighted by Gasteiger charge is 2.35. The maximum absolute atomic E-state index is 13.5. The van der Waals surface area contributed by atoms with Crippen LogP contribution >= 0.6 is 11.8 Å². The number of ether oxygens (including phenoxy) is 2. The standard InChI is InChI=1S/C24H16F3N3O4S/c1-32-20-9-14(10-21-22(31)30-23(35-21)29-12-16-6-7-33-13-16)2-5-19(20)34-18-4-3-15(11-28)8-17(18)24(25,26)27/h2-10,13H,12H2,1H3,(H,29,30,31)/b21-10+. The number of aliphatic imine (C=N–C) groups is 1. The zero-order valence-electron chi connectivity index (χ0n) is 18.1. The smallest absolute Gasteiger partial charge is 0.420 e. The van der Waals surface area contributed by atoms with Crippen LogP contribution in [-0.4, -0.2) is 18.2 Å². The number of amides is 1. The molecular weight excluding hydrogens is 483 g/mol. The number of nitrogens with zero attached hydrogens (tertiary/aromatic N) is 2. The summed E-state index contributed by atoms with van der Waals surface area (Å²) in [6.07, 6.45) is -0.0137. The van der Waals surface area contributed by atoms with Gasteiger partial charge in [0, 0.05) is 5.56 Å². The molecule has 1 aromatic heterocycles. The maximum Gasteiger partial charge on any atom is 0.420 e. The number of amidine groups is 1.